The molecular formula is C12H14N2O3. The molecule has 0 unspecified atom stereocenters. The third-order valence-electron chi connectivity index (χ3n) is 2.39. The van der Waals surface area contributed by atoms with Gasteiger partial charge in [0.25, 0.3) is 0 Å². The number of nitrogens with one attached hydrogen (secondary N) is 1. The summed E-state index contributed by atoms with van der Waals surface area (Å²) >= 11 is 0. The molecule has 90 valence electrons. The van der Waals surface area contributed by atoms with E-state index in [0.717, 1.165) is 11.1 Å². The Bertz CT molecular complexity index is 464. The number of benzene rings is 1. The lowest BCUT2D eigenvalue weighted by Crippen LogP contribution is -2.25. The zero-order chi connectivity index (χ0) is 12.8. The van der Waals surface area contributed by atoms with E-state index in [9.17, 15) is 15.0 Å². The van der Waals surface area contributed by atoms with Crippen molar-refractivity contribution in [3.05, 3.63) is 23.3 Å². The van der Waals surface area contributed by atoms with Gasteiger partial charge in [0.15, 0.2) is 11.5 Å². The second-order valence-corrected chi connectivity index (χ2v) is 3.70. The number of amides is 1. The van der Waals surface area contributed by atoms with Crippen molar-refractivity contribution in [1.29, 1.82) is 5.26 Å². The van der Waals surface area contributed by atoms with E-state index < -0.39 is 0 Å². The molecule has 0 fully saturated rings. The Kier molecular flexibility index (Phi) is 4.35. The maximum absolute atomic E-state index is 11.0. The van der Waals surface area contributed by atoms with E-state index >= 15 is 0 Å². The van der Waals surface area contributed by atoms with E-state index in [-0.39, 0.29) is 23.8 Å². The average molecular weight is 234 g/mol. The fraction of sp³-hybridized carbons (Fsp3) is 0.333. The third-order valence-corrected chi connectivity index (χ3v) is 2.39. The molecule has 0 radical (unpaired) electrons. The molecule has 0 aliphatic carbocycles. The minimum Gasteiger partial charge on any atom is -0.504 e. The first-order chi connectivity index (χ1) is 8.04. The number of aryl methyl sites for hydroxylation is 1. The SMILES string of the molecule is Cc1cc(O)c(O)cc1CCNC(=O)CC#N. The first-order valence-electron chi connectivity index (χ1n) is 5.19. The van der Waals surface area contributed by atoms with Crippen LogP contribution in [0.4, 0.5) is 0 Å². The van der Waals surface area contributed by atoms with Gasteiger partial charge in [-0.05, 0) is 36.6 Å². The van der Waals surface area contributed by atoms with Crippen molar-refractivity contribution >= 4 is 5.91 Å². The lowest BCUT2D eigenvalue weighted by Gasteiger charge is -2.08. The second-order valence-electron chi connectivity index (χ2n) is 3.70. The normalized spacial score (nSPS) is 9.65. The summed E-state index contributed by atoms with van der Waals surface area (Å²) in [6, 6.07) is 4.71. The minimum atomic E-state index is -0.312. The molecular weight excluding hydrogens is 220 g/mol. The monoisotopic (exact) mass is 234 g/mol. The van der Waals surface area contributed by atoms with Crippen molar-refractivity contribution in [1.82, 2.24) is 5.32 Å². The summed E-state index contributed by atoms with van der Waals surface area (Å²) in [6.45, 7) is 2.21. The molecule has 0 spiro atoms. The van der Waals surface area contributed by atoms with Crippen LogP contribution in [0.15, 0.2) is 12.1 Å². The number of nitrogens with zero attached hydrogens (tertiary/aromatic N) is 1. The first-order valence-corrected chi connectivity index (χ1v) is 5.19. The average Bonchev–Trinajstić information content (AvgIpc) is 2.26. The molecule has 0 aromatic heterocycles. The molecule has 5 nitrogen and oxygen atoms in total. The van der Waals surface area contributed by atoms with Crippen LogP contribution in [0.2, 0.25) is 0 Å². The Balaban J connectivity index is 2.56. The molecule has 1 aromatic carbocycles. The number of phenols is 2. The first kappa shape index (κ1) is 12.8. The predicted octanol–water partition coefficient (Wildman–Crippen LogP) is 0.979. The maximum atomic E-state index is 11.0. The van der Waals surface area contributed by atoms with Crippen LogP contribution < -0.4 is 5.32 Å². The summed E-state index contributed by atoms with van der Waals surface area (Å²) in [7, 11) is 0. The fourth-order valence-electron chi connectivity index (χ4n) is 1.46. The molecule has 3 N–H and O–H groups in total. The molecule has 17 heavy (non-hydrogen) atoms. The van der Waals surface area contributed by atoms with E-state index in [1.165, 1.54) is 12.1 Å². The molecule has 0 saturated carbocycles. The van der Waals surface area contributed by atoms with Crippen molar-refractivity contribution in [2.75, 3.05) is 6.54 Å². The highest BCUT2D eigenvalue weighted by molar-refractivity contribution is 5.77. The van der Waals surface area contributed by atoms with E-state index in [1.807, 2.05) is 6.92 Å². The Hall–Kier alpha value is -2.22. The van der Waals surface area contributed by atoms with Gasteiger partial charge in [0.2, 0.25) is 5.91 Å². The maximum Gasteiger partial charge on any atom is 0.234 e. The van der Waals surface area contributed by atoms with Gasteiger partial charge in [0.05, 0.1) is 6.07 Å². The Morgan fingerprint density at radius 1 is 1.41 bits per heavy atom. The summed E-state index contributed by atoms with van der Waals surface area (Å²) in [5.74, 6) is -0.637. The number of hydrogen-bond acceptors (Lipinski definition) is 4. The van der Waals surface area contributed by atoms with Crippen LogP contribution in [-0.4, -0.2) is 22.7 Å². The number of nitriles is 1. The van der Waals surface area contributed by atoms with Gasteiger partial charge in [-0.25, -0.2) is 0 Å². The molecule has 5 heteroatoms. The Morgan fingerprint density at radius 2 is 2.06 bits per heavy atom. The van der Waals surface area contributed by atoms with Crippen molar-refractivity contribution in [2.24, 2.45) is 0 Å². The molecule has 0 saturated heterocycles. The van der Waals surface area contributed by atoms with Crippen LogP contribution in [0, 0.1) is 18.3 Å². The highest BCUT2D eigenvalue weighted by atomic mass is 16.3. The summed E-state index contributed by atoms with van der Waals surface area (Å²) in [5, 5.41) is 29.5. The molecule has 1 rings (SSSR count). The van der Waals surface area contributed by atoms with E-state index in [1.54, 1.807) is 6.07 Å². The second kappa shape index (κ2) is 5.75. The topological polar surface area (TPSA) is 93.3 Å². The van der Waals surface area contributed by atoms with E-state index in [2.05, 4.69) is 5.32 Å². The van der Waals surface area contributed by atoms with E-state index in [0.29, 0.717) is 13.0 Å². The van der Waals surface area contributed by atoms with Crippen molar-refractivity contribution in [3.8, 4) is 17.6 Å². The number of carbonyl (C=O) groups excluding carboxylic acids is 1. The molecule has 0 aliphatic rings. The molecule has 0 heterocycles. The van der Waals surface area contributed by atoms with Crippen LogP contribution in [0.1, 0.15) is 17.5 Å². The van der Waals surface area contributed by atoms with Gasteiger partial charge in [-0.15, -0.1) is 0 Å². The number of hydrogen-bond donors (Lipinski definition) is 3. The summed E-state index contributed by atoms with van der Waals surface area (Å²) < 4.78 is 0. The molecule has 1 amide bonds. The lowest BCUT2D eigenvalue weighted by atomic mass is 10.0. The van der Waals surface area contributed by atoms with Gasteiger partial charge < -0.3 is 15.5 Å². The van der Waals surface area contributed by atoms with Crippen LogP contribution in [-0.2, 0) is 11.2 Å². The number of phenolic OH excluding ortho intramolecular Hbond substituents is 2. The van der Waals surface area contributed by atoms with Crippen molar-refractivity contribution < 1.29 is 15.0 Å². The fourth-order valence-corrected chi connectivity index (χ4v) is 1.46. The molecule has 1 aromatic rings. The Morgan fingerprint density at radius 3 is 2.71 bits per heavy atom. The zero-order valence-corrected chi connectivity index (χ0v) is 9.53. The van der Waals surface area contributed by atoms with Crippen LogP contribution in [0.5, 0.6) is 11.5 Å². The molecule has 0 bridgehead atoms. The standard InChI is InChI=1S/C12H14N2O3/c1-8-6-10(15)11(16)7-9(8)3-5-14-12(17)2-4-13/h6-7,15-16H,2-3,5H2,1H3,(H,14,17). The summed E-state index contributed by atoms with van der Waals surface area (Å²) in [6.07, 6.45) is 0.386. The van der Waals surface area contributed by atoms with Crippen LogP contribution >= 0.6 is 0 Å². The highest BCUT2D eigenvalue weighted by Gasteiger charge is 2.06. The largest absolute Gasteiger partial charge is 0.504 e. The highest BCUT2D eigenvalue weighted by Crippen LogP contribution is 2.27. The van der Waals surface area contributed by atoms with Gasteiger partial charge in [-0.2, -0.15) is 5.26 Å². The molecule has 0 atom stereocenters. The van der Waals surface area contributed by atoms with Gasteiger partial charge in [0.1, 0.15) is 6.42 Å². The Labute approximate surface area is 99.3 Å². The lowest BCUT2D eigenvalue weighted by molar-refractivity contribution is -0.120. The summed E-state index contributed by atoms with van der Waals surface area (Å²) in [4.78, 5) is 11.0. The van der Waals surface area contributed by atoms with Crippen molar-refractivity contribution in [2.45, 2.75) is 19.8 Å². The zero-order valence-electron chi connectivity index (χ0n) is 9.53. The van der Waals surface area contributed by atoms with E-state index in [4.69, 9.17) is 5.26 Å². The van der Waals surface area contributed by atoms with Gasteiger partial charge >= 0.3 is 0 Å². The van der Waals surface area contributed by atoms with Gasteiger partial charge in [-0.3, -0.25) is 4.79 Å². The van der Waals surface area contributed by atoms with Crippen molar-refractivity contribution in [3.63, 3.8) is 0 Å². The number of rotatable bonds is 4. The number of carbonyl (C=O) groups is 1. The van der Waals surface area contributed by atoms with Gasteiger partial charge in [-0.1, -0.05) is 0 Å². The van der Waals surface area contributed by atoms with Crippen LogP contribution in [0.25, 0.3) is 0 Å². The van der Waals surface area contributed by atoms with Crippen LogP contribution in [0.3, 0.4) is 0 Å². The minimum absolute atomic E-state index is 0.153. The van der Waals surface area contributed by atoms with Gasteiger partial charge in [0, 0.05) is 6.54 Å². The molecule has 0 aliphatic heterocycles. The number of aromatic hydroxyl groups is 2. The third kappa shape index (κ3) is 3.68. The summed E-state index contributed by atoms with van der Waals surface area (Å²) in [5.41, 5.74) is 1.69. The quantitative estimate of drug-likeness (QED) is 0.677. The predicted molar refractivity (Wildman–Crippen MR) is 61.5 cm³/mol. The smallest absolute Gasteiger partial charge is 0.234 e.